The number of thiophene rings is 1. The van der Waals surface area contributed by atoms with E-state index in [0.29, 0.717) is 0 Å². The second-order valence-electron chi connectivity index (χ2n) is 4.82. The molecule has 102 valence electrons. The molecule has 1 heterocycles. The van der Waals surface area contributed by atoms with Gasteiger partial charge in [-0.05, 0) is 50.1 Å². The first-order valence-corrected chi connectivity index (χ1v) is 7.52. The molecule has 1 nitrogen and oxygen atoms in total. The molecule has 1 aromatic carbocycles. The SMILES string of the molecule is CCc1ccc(C(C)NC(C)c2cccc(F)c2)s1. The van der Waals surface area contributed by atoms with Gasteiger partial charge in [0.2, 0.25) is 0 Å². The first-order valence-electron chi connectivity index (χ1n) is 6.70. The molecule has 0 saturated carbocycles. The first kappa shape index (κ1) is 14.2. The van der Waals surface area contributed by atoms with E-state index in [0.717, 1.165) is 12.0 Å². The summed E-state index contributed by atoms with van der Waals surface area (Å²) < 4.78 is 13.2. The molecule has 2 atom stereocenters. The monoisotopic (exact) mass is 277 g/mol. The van der Waals surface area contributed by atoms with Gasteiger partial charge < -0.3 is 5.32 Å². The van der Waals surface area contributed by atoms with Gasteiger partial charge in [0, 0.05) is 21.8 Å². The quantitative estimate of drug-likeness (QED) is 0.823. The van der Waals surface area contributed by atoms with Crippen LogP contribution in [-0.4, -0.2) is 0 Å². The van der Waals surface area contributed by atoms with Crippen molar-refractivity contribution in [2.24, 2.45) is 0 Å². The molecule has 0 radical (unpaired) electrons. The molecule has 1 aromatic heterocycles. The van der Waals surface area contributed by atoms with Crippen molar-refractivity contribution in [3.05, 3.63) is 57.5 Å². The summed E-state index contributed by atoms with van der Waals surface area (Å²) in [4.78, 5) is 2.74. The molecule has 0 aliphatic heterocycles. The Balaban J connectivity index is 2.03. The lowest BCUT2D eigenvalue weighted by Crippen LogP contribution is -2.21. The Labute approximate surface area is 118 Å². The van der Waals surface area contributed by atoms with Crippen molar-refractivity contribution in [2.75, 3.05) is 0 Å². The summed E-state index contributed by atoms with van der Waals surface area (Å²) in [7, 11) is 0. The van der Waals surface area contributed by atoms with E-state index in [1.54, 1.807) is 12.1 Å². The van der Waals surface area contributed by atoms with Gasteiger partial charge in [-0.25, -0.2) is 4.39 Å². The third kappa shape index (κ3) is 3.64. The van der Waals surface area contributed by atoms with Gasteiger partial charge in [-0.2, -0.15) is 0 Å². The third-order valence-corrected chi connectivity index (χ3v) is 4.72. The Kier molecular flexibility index (Phi) is 4.72. The smallest absolute Gasteiger partial charge is 0.123 e. The molecule has 2 aromatic rings. The lowest BCUT2D eigenvalue weighted by molar-refractivity contribution is 0.497. The number of halogens is 1. The number of benzene rings is 1. The summed E-state index contributed by atoms with van der Waals surface area (Å²) in [5, 5.41) is 3.52. The van der Waals surface area contributed by atoms with Gasteiger partial charge in [0.05, 0.1) is 0 Å². The number of rotatable bonds is 5. The lowest BCUT2D eigenvalue weighted by Gasteiger charge is -2.19. The standard InChI is InChI=1S/C16H20FNS/c1-4-15-8-9-16(19-15)12(3)18-11(2)13-6-5-7-14(17)10-13/h5-12,18H,4H2,1-3H3. The number of aryl methyl sites for hydroxylation is 1. The van der Waals surface area contributed by atoms with E-state index in [4.69, 9.17) is 0 Å². The second kappa shape index (κ2) is 6.31. The zero-order chi connectivity index (χ0) is 13.8. The van der Waals surface area contributed by atoms with Gasteiger partial charge in [-0.1, -0.05) is 19.1 Å². The largest absolute Gasteiger partial charge is 0.303 e. The van der Waals surface area contributed by atoms with E-state index in [2.05, 4.69) is 38.2 Å². The van der Waals surface area contributed by atoms with E-state index in [9.17, 15) is 4.39 Å². The van der Waals surface area contributed by atoms with Crippen molar-refractivity contribution in [2.45, 2.75) is 39.3 Å². The van der Waals surface area contributed by atoms with Gasteiger partial charge in [-0.3, -0.25) is 0 Å². The summed E-state index contributed by atoms with van der Waals surface area (Å²) in [5.41, 5.74) is 0.985. The first-order chi connectivity index (χ1) is 9.10. The predicted molar refractivity (Wildman–Crippen MR) is 80.1 cm³/mol. The fourth-order valence-corrected chi connectivity index (χ4v) is 3.11. The molecule has 2 rings (SSSR count). The molecule has 2 unspecified atom stereocenters. The van der Waals surface area contributed by atoms with Crippen molar-refractivity contribution in [3.8, 4) is 0 Å². The maximum absolute atomic E-state index is 13.2. The van der Waals surface area contributed by atoms with Crippen LogP contribution in [0.3, 0.4) is 0 Å². The maximum atomic E-state index is 13.2. The summed E-state index contributed by atoms with van der Waals surface area (Å²) >= 11 is 1.84. The molecule has 0 bridgehead atoms. The molecule has 19 heavy (non-hydrogen) atoms. The van der Waals surface area contributed by atoms with Gasteiger partial charge in [0.15, 0.2) is 0 Å². The molecular formula is C16H20FNS. The summed E-state index contributed by atoms with van der Waals surface area (Å²) in [6.07, 6.45) is 1.08. The Morgan fingerprint density at radius 1 is 1.16 bits per heavy atom. The van der Waals surface area contributed by atoms with Crippen molar-refractivity contribution in [1.29, 1.82) is 0 Å². The van der Waals surface area contributed by atoms with Crippen LogP contribution in [0.1, 0.15) is 48.2 Å². The van der Waals surface area contributed by atoms with Gasteiger partial charge in [0.1, 0.15) is 5.82 Å². The average molecular weight is 277 g/mol. The highest BCUT2D eigenvalue weighted by Crippen LogP contribution is 2.26. The highest BCUT2D eigenvalue weighted by Gasteiger charge is 2.13. The lowest BCUT2D eigenvalue weighted by atomic mass is 10.1. The molecule has 0 fully saturated rings. The van der Waals surface area contributed by atoms with E-state index >= 15 is 0 Å². The minimum absolute atomic E-state index is 0.137. The molecule has 0 aliphatic rings. The highest BCUT2D eigenvalue weighted by atomic mass is 32.1. The van der Waals surface area contributed by atoms with Crippen LogP contribution in [0.4, 0.5) is 4.39 Å². The average Bonchev–Trinajstić information content (AvgIpc) is 2.87. The number of hydrogen-bond donors (Lipinski definition) is 1. The Morgan fingerprint density at radius 2 is 1.95 bits per heavy atom. The molecule has 1 N–H and O–H groups in total. The van der Waals surface area contributed by atoms with Crippen LogP contribution < -0.4 is 5.32 Å². The summed E-state index contributed by atoms with van der Waals surface area (Å²) in [5.74, 6) is -0.178. The minimum atomic E-state index is -0.178. The zero-order valence-electron chi connectivity index (χ0n) is 11.6. The fraction of sp³-hybridized carbons (Fsp3) is 0.375. The van der Waals surface area contributed by atoms with Gasteiger partial charge in [0.25, 0.3) is 0 Å². The molecule has 0 spiro atoms. The minimum Gasteiger partial charge on any atom is -0.303 e. The Hall–Kier alpha value is -1.19. The van der Waals surface area contributed by atoms with Crippen LogP contribution >= 0.6 is 11.3 Å². The highest BCUT2D eigenvalue weighted by molar-refractivity contribution is 7.12. The maximum Gasteiger partial charge on any atom is 0.123 e. The van der Waals surface area contributed by atoms with Gasteiger partial charge >= 0.3 is 0 Å². The van der Waals surface area contributed by atoms with E-state index in [1.807, 2.05) is 17.4 Å². The van der Waals surface area contributed by atoms with Crippen molar-refractivity contribution < 1.29 is 4.39 Å². The van der Waals surface area contributed by atoms with Crippen LogP contribution in [0.15, 0.2) is 36.4 Å². The van der Waals surface area contributed by atoms with Crippen LogP contribution in [0.25, 0.3) is 0 Å². The van der Waals surface area contributed by atoms with Crippen molar-refractivity contribution >= 4 is 11.3 Å². The van der Waals surface area contributed by atoms with Crippen LogP contribution in [-0.2, 0) is 6.42 Å². The predicted octanol–water partition coefficient (Wildman–Crippen LogP) is 4.86. The summed E-state index contributed by atoms with van der Waals surface area (Å²) in [6, 6.07) is 11.6. The second-order valence-corrected chi connectivity index (χ2v) is 6.02. The topological polar surface area (TPSA) is 12.0 Å². The third-order valence-electron chi connectivity index (χ3n) is 3.31. The Morgan fingerprint density at radius 3 is 2.58 bits per heavy atom. The van der Waals surface area contributed by atoms with Crippen LogP contribution in [0, 0.1) is 5.82 Å². The summed E-state index contributed by atoms with van der Waals surface area (Å²) in [6.45, 7) is 6.39. The molecular weight excluding hydrogens is 257 g/mol. The van der Waals surface area contributed by atoms with Crippen LogP contribution in [0.2, 0.25) is 0 Å². The molecule has 0 saturated heterocycles. The van der Waals surface area contributed by atoms with E-state index in [-0.39, 0.29) is 17.9 Å². The normalized spacial score (nSPS) is 14.3. The molecule has 0 aliphatic carbocycles. The fourth-order valence-electron chi connectivity index (χ4n) is 2.15. The number of nitrogens with one attached hydrogen (secondary N) is 1. The van der Waals surface area contributed by atoms with Crippen molar-refractivity contribution in [1.82, 2.24) is 5.32 Å². The molecule has 3 heteroatoms. The van der Waals surface area contributed by atoms with Gasteiger partial charge in [-0.15, -0.1) is 11.3 Å². The van der Waals surface area contributed by atoms with Crippen molar-refractivity contribution in [3.63, 3.8) is 0 Å². The van der Waals surface area contributed by atoms with Crippen LogP contribution in [0.5, 0.6) is 0 Å². The molecule has 0 amide bonds. The van der Waals surface area contributed by atoms with E-state index in [1.165, 1.54) is 15.8 Å². The number of hydrogen-bond acceptors (Lipinski definition) is 2. The van der Waals surface area contributed by atoms with E-state index < -0.39 is 0 Å². The zero-order valence-corrected chi connectivity index (χ0v) is 12.4. The Bertz CT molecular complexity index is 535.